The number of carbonyl (C=O) groups excluding carboxylic acids is 2. The summed E-state index contributed by atoms with van der Waals surface area (Å²) in [4.78, 5) is 24.4. The van der Waals surface area contributed by atoms with Gasteiger partial charge in [0, 0.05) is 17.3 Å². The molecule has 0 heterocycles. The van der Waals surface area contributed by atoms with Crippen LogP contribution in [0.3, 0.4) is 0 Å². The average molecular weight is 359 g/mol. The minimum Gasteiger partial charge on any atom is -0.493 e. The van der Waals surface area contributed by atoms with Crippen LogP contribution in [-0.2, 0) is 4.79 Å². The highest BCUT2D eigenvalue weighted by Crippen LogP contribution is 2.29. The number of carbonyl (C=O) groups is 2. The Labute approximate surface area is 151 Å². The van der Waals surface area contributed by atoms with Crippen LogP contribution in [0.1, 0.15) is 17.3 Å². The summed E-state index contributed by atoms with van der Waals surface area (Å²) in [5.74, 6) is 1.17. The normalized spacial score (nSPS) is 11.5. The predicted octanol–water partition coefficient (Wildman–Crippen LogP) is 3.65. The molecule has 0 fully saturated rings. The molecule has 0 aliphatic heterocycles. The van der Waals surface area contributed by atoms with Crippen molar-refractivity contribution < 1.29 is 19.1 Å². The number of rotatable bonds is 8. The minimum atomic E-state index is -0.293. The SMILES string of the molecule is COc1ccc(NC(=O)CSC(C)C(=O)c2ccccc2)cc1OC. The molecule has 2 rings (SSSR count). The van der Waals surface area contributed by atoms with Crippen molar-refractivity contribution in [2.75, 3.05) is 25.3 Å². The molecule has 25 heavy (non-hydrogen) atoms. The summed E-state index contributed by atoms with van der Waals surface area (Å²) in [6, 6.07) is 14.2. The highest BCUT2D eigenvalue weighted by molar-refractivity contribution is 8.01. The second kappa shape index (κ2) is 9.13. The largest absolute Gasteiger partial charge is 0.493 e. The fraction of sp³-hybridized carbons (Fsp3) is 0.263. The lowest BCUT2D eigenvalue weighted by Crippen LogP contribution is -2.19. The number of anilines is 1. The van der Waals surface area contributed by atoms with Crippen LogP contribution in [0, 0.1) is 0 Å². The Hall–Kier alpha value is -2.47. The number of nitrogens with one attached hydrogen (secondary N) is 1. The van der Waals surface area contributed by atoms with E-state index in [1.54, 1.807) is 37.4 Å². The van der Waals surface area contributed by atoms with E-state index in [4.69, 9.17) is 9.47 Å². The smallest absolute Gasteiger partial charge is 0.234 e. The van der Waals surface area contributed by atoms with Crippen LogP contribution in [0.15, 0.2) is 48.5 Å². The molecular formula is C19H21NO4S. The first kappa shape index (κ1) is 18.9. The third kappa shape index (κ3) is 5.26. The summed E-state index contributed by atoms with van der Waals surface area (Å²) < 4.78 is 10.4. The van der Waals surface area contributed by atoms with Crippen molar-refractivity contribution in [2.24, 2.45) is 0 Å². The van der Waals surface area contributed by atoms with Crippen molar-refractivity contribution in [1.82, 2.24) is 0 Å². The van der Waals surface area contributed by atoms with Crippen LogP contribution in [-0.4, -0.2) is 36.9 Å². The number of benzene rings is 2. The van der Waals surface area contributed by atoms with Crippen LogP contribution in [0.25, 0.3) is 0 Å². The molecule has 0 aliphatic carbocycles. The molecular weight excluding hydrogens is 338 g/mol. The first-order valence-electron chi connectivity index (χ1n) is 7.78. The van der Waals surface area contributed by atoms with E-state index in [1.165, 1.54) is 18.9 Å². The van der Waals surface area contributed by atoms with Crippen molar-refractivity contribution in [3.05, 3.63) is 54.1 Å². The number of ether oxygens (including phenoxy) is 2. The Morgan fingerprint density at radius 1 is 1.04 bits per heavy atom. The van der Waals surface area contributed by atoms with Gasteiger partial charge in [-0.2, -0.15) is 0 Å². The number of ketones is 1. The van der Waals surface area contributed by atoms with Crippen molar-refractivity contribution >= 4 is 29.1 Å². The van der Waals surface area contributed by atoms with E-state index in [0.717, 1.165) is 0 Å². The van der Waals surface area contributed by atoms with Gasteiger partial charge in [0.1, 0.15) is 0 Å². The summed E-state index contributed by atoms with van der Waals surface area (Å²) >= 11 is 1.31. The molecule has 1 amide bonds. The lowest BCUT2D eigenvalue weighted by Gasteiger charge is -2.12. The van der Waals surface area contributed by atoms with E-state index in [0.29, 0.717) is 22.7 Å². The Morgan fingerprint density at radius 3 is 2.36 bits per heavy atom. The van der Waals surface area contributed by atoms with Gasteiger partial charge in [0.25, 0.3) is 0 Å². The monoisotopic (exact) mass is 359 g/mol. The van der Waals surface area contributed by atoms with Crippen LogP contribution >= 0.6 is 11.8 Å². The zero-order valence-electron chi connectivity index (χ0n) is 14.4. The topological polar surface area (TPSA) is 64.6 Å². The van der Waals surface area contributed by atoms with Gasteiger partial charge in [-0.05, 0) is 19.1 Å². The van der Waals surface area contributed by atoms with Crippen molar-refractivity contribution in [3.8, 4) is 11.5 Å². The van der Waals surface area contributed by atoms with E-state index in [9.17, 15) is 9.59 Å². The molecule has 0 saturated heterocycles. The first-order valence-corrected chi connectivity index (χ1v) is 8.82. The van der Waals surface area contributed by atoms with Crippen LogP contribution in [0.2, 0.25) is 0 Å². The second-order valence-electron chi connectivity index (χ2n) is 5.30. The lowest BCUT2D eigenvalue weighted by atomic mass is 10.1. The average Bonchev–Trinajstić information content (AvgIpc) is 2.66. The van der Waals surface area contributed by atoms with E-state index in [-0.39, 0.29) is 22.7 Å². The molecule has 0 aromatic heterocycles. The molecule has 0 aliphatic rings. The fourth-order valence-electron chi connectivity index (χ4n) is 2.22. The van der Waals surface area contributed by atoms with E-state index in [1.807, 2.05) is 25.1 Å². The van der Waals surface area contributed by atoms with Crippen molar-refractivity contribution in [1.29, 1.82) is 0 Å². The summed E-state index contributed by atoms with van der Waals surface area (Å²) in [6.45, 7) is 1.81. The predicted molar refractivity (Wildman–Crippen MR) is 101 cm³/mol. The molecule has 0 saturated carbocycles. The van der Waals surface area contributed by atoms with Crippen LogP contribution in [0.4, 0.5) is 5.69 Å². The Kier molecular flexibility index (Phi) is 6.89. The van der Waals surface area contributed by atoms with E-state index in [2.05, 4.69) is 5.32 Å². The maximum Gasteiger partial charge on any atom is 0.234 e. The molecule has 2 aromatic rings. The maximum atomic E-state index is 12.3. The molecule has 1 unspecified atom stereocenters. The molecule has 0 spiro atoms. The molecule has 0 radical (unpaired) electrons. The van der Waals surface area contributed by atoms with Gasteiger partial charge >= 0.3 is 0 Å². The molecule has 2 aromatic carbocycles. The van der Waals surface area contributed by atoms with Gasteiger partial charge in [-0.25, -0.2) is 0 Å². The molecule has 132 valence electrons. The summed E-state index contributed by atoms with van der Waals surface area (Å²) in [5, 5.41) is 2.50. The van der Waals surface area contributed by atoms with E-state index >= 15 is 0 Å². The van der Waals surface area contributed by atoms with Gasteiger partial charge in [0.15, 0.2) is 17.3 Å². The lowest BCUT2D eigenvalue weighted by molar-refractivity contribution is -0.113. The molecule has 6 heteroatoms. The Morgan fingerprint density at radius 2 is 1.72 bits per heavy atom. The van der Waals surface area contributed by atoms with Gasteiger partial charge in [0.2, 0.25) is 5.91 Å². The van der Waals surface area contributed by atoms with Gasteiger partial charge in [0.05, 0.1) is 25.2 Å². The molecule has 5 nitrogen and oxygen atoms in total. The third-order valence-corrected chi connectivity index (χ3v) is 4.70. The quantitative estimate of drug-likeness (QED) is 0.729. The molecule has 1 N–H and O–H groups in total. The zero-order valence-corrected chi connectivity index (χ0v) is 15.3. The number of hydrogen-bond donors (Lipinski definition) is 1. The van der Waals surface area contributed by atoms with Crippen molar-refractivity contribution in [2.45, 2.75) is 12.2 Å². The second-order valence-corrected chi connectivity index (χ2v) is 6.63. The van der Waals surface area contributed by atoms with Gasteiger partial charge in [-0.15, -0.1) is 11.8 Å². The van der Waals surface area contributed by atoms with Gasteiger partial charge in [-0.3, -0.25) is 9.59 Å². The summed E-state index contributed by atoms with van der Waals surface area (Å²) in [6.07, 6.45) is 0. The standard InChI is InChI=1S/C19H21NO4S/c1-13(19(22)14-7-5-4-6-8-14)25-12-18(21)20-15-9-10-16(23-2)17(11-15)24-3/h4-11,13H,12H2,1-3H3,(H,20,21). The number of hydrogen-bond acceptors (Lipinski definition) is 5. The van der Waals surface area contributed by atoms with Crippen LogP contribution in [0.5, 0.6) is 11.5 Å². The zero-order chi connectivity index (χ0) is 18.2. The highest BCUT2D eigenvalue weighted by Gasteiger charge is 2.17. The molecule has 0 bridgehead atoms. The van der Waals surface area contributed by atoms with Crippen molar-refractivity contribution in [3.63, 3.8) is 0 Å². The fourth-order valence-corrected chi connectivity index (χ4v) is 2.99. The third-order valence-electron chi connectivity index (χ3n) is 3.56. The number of amides is 1. The number of Topliss-reactive ketones (excluding diaryl/α,β-unsaturated/α-hetero) is 1. The van der Waals surface area contributed by atoms with Gasteiger partial charge < -0.3 is 14.8 Å². The summed E-state index contributed by atoms with van der Waals surface area (Å²) in [7, 11) is 3.09. The van der Waals surface area contributed by atoms with Crippen LogP contribution < -0.4 is 14.8 Å². The number of methoxy groups -OCH3 is 2. The highest BCUT2D eigenvalue weighted by atomic mass is 32.2. The number of thioether (sulfide) groups is 1. The Bertz CT molecular complexity index is 733. The van der Waals surface area contributed by atoms with E-state index < -0.39 is 0 Å². The molecule has 1 atom stereocenters. The minimum absolute atomic E-state index is 0.0181. The Balaban J connectivity index is 1.89. The first-order chi connectivity index (χ1) is 12.0. The van der Waals surface area contributed by atoms with Gasteiger partial charge in [-0.1, -0.05) is 30.3 Å². The maximum absolute atomic E-state index is 12.3. The summed E-state index contributed by atoms with van der Waals surface area (Å²) in [5.41, 5.74) is 1.27.